The molecule has 1 fully saturated rings. The molecule has 222 valence electrons. The van der Waals surface area contributed by atoms with Gasteiger partial charge in [0.05, 0.1) is 18.6 Å². The fourth-order valence-electron chi connectivity index (χ4n) is 4.95. The molecule has 1 heterocycles. The molecular formula is C33H34N4O5S. The Morgan fingerprint density at radius 1 is 0.791 bits per heavy atom. The summed E-state index contributed by atoms with van der Waals surface area (Å²) in [5.41, 5.74) is 2.96. The standard InChI is InChI=1S/C33H34N4O5S/c1-42-30-18-12-27(13-19-30)33(39)36-22-20-35(21-23-36)29-16-14-28(15-17-29)34-32(38)25-37(24-26-8-4-2-5-9-26)43(40,41)31-10-6-3-7-11-31/h2-19H,20-25H2,1H3,(H,34,38). The monoisotopic (exact) mass is 598 g/mol. The van der Waals surface area contributed by atoms with Gasteiger partial charge in [-0.15, -0.1) is 0 Å². The van der Waals surface area contributed by atoms with E-state index >= 15 is 0 Å². The number of carbonyl (C=O) groups is 2. The van der Waals surface area contributed by atoms with E-state index < -0.39 is 15.9 Å². The molecule has 0 unspecified atom stereocenters. The van der Waals surface area contributed by atoms with E-state index in [9.17, 15) is 18.0 Å². The molecule has 9 nitrogen and oxygen atoms in total. The van der Waals surface area contributed by atoms with Gasteiger partial charge < -0.3 is 19.9 Å². The van der Waals surface area contributed by atoms with E-state index in [0.29, 0.717) is 43.2 Å². The lowest BCUT2D eigenvalue weighted by molar-refractivity contribution is -0.116. The summed E-state index contributed by atoms with van der Waals surface area (Å²) in [6.07, 6.45) is 0. The van der Waals surface area contributed by atoms with Crippen LogP contribution in [0.1, 0.15) is 15.9 Å². The van der Waals surface area contributed by atoms with Crippen molar-refractivity contribution >= 4 is 33.2 Å². The van der Waals surface area contributed by atoms with Gasteiger partial charge in [0.25, 0.3) is 5.91 Å². The Bertz CT molecular complexity index is 1620. The predicted octanol–water partition coefficient (Wildman–Crippen LogP) is 4.49. The van der Waals surface area contributed by atoms with Gasteiger partial charge in [-0.1, -0.05) is 48.5 Å². The third kappa shape index (κ3) is 7.40. The highest BCUT2D eigenvalue weighted by atomic mass is 32.2. The van der Waals surface area contributed by atoms with Gasteiger partial charge in [0.2, 0.25) is 15.9 Å². The molecular weight excluding hydrogens is 564 g/mol. The van der Waals surface area contributed by atoms with Crippen molar-refractivity contribution in [2.45, 2.75) is 11.4 Å². The molecule has 4 aromatic carbocycles. The fourth-order valence-corrected chi connectivity index (χ4v) is 6.36. The summed E-state index contributed by atoms with van der Waals surface area (Å²) in [6.45, 7) is 2.28. The van der Waals surface area contributed by atoms with Gasteiger partial charge in [0.15, 0.2) is 0 Å². The molecule has 1 aliphatic rings. The third-order valence-corrected chi connectivity index (χ3v) is 9.13. The van der Waals surface area contributed by atoms with E-state index in [1.807, 2.05) is 47.4 Å². The maximum Gasteiger partial charge on any atom is 0.253 e. The Kier molecular flexibility index (Phi) is 9.38. The number of rotatable bonds is 10. The minimum atomic E-state index is -3.91. The Morgan fingerprint density at radius 3 is 2.00 bits per heavy atom. The minimum Gasteiger partial charge on any atom is -0.497 e. The number of ether oxygens (including phenoxy) is 1. The zero-order valence-corrected chi connectivity index (χ0v) is 24.7. The topological polar surface area (TPSA) is 99.3 Å². The average molecular weight is 599 g/mol. The van der Waals surface area contributed by atoms with Crippen molar-refractivity contribution < 1.29 is 22.7 Å². The molecule has 10 heteroatoms. The molecule has 43 heavy (non-hydrogen) atoms. The largest absolute Gasteiger partial charge is 0.497 e. The van der Waals surface area contributed by atoms with Crippen LogP contribution in [0.15, 0.2) is 114 Å². The van der Waals surface area contributed by atoms with Crippen molar-refractivity contribution in [3.63, 3.8) is 0 Å². The molecule has 5 rings (SSSR count). The zero-order valence-electron chi connectivity index (χ0n) is 23.9. The number of piperazine rings is 1. The van der Waals surface area contributed by atoms with E-state index in [1.54, 1.807) is 61.7 Å². The molecule has 0 saturated carbocycles. The van der Waals surface area contributed by atoms with Crippen molar-refractivity contribution in [3.8, 4) is 5.75 Å². The number of anilines is 2. The predicted molar refractivity (Wildman–Crippen MR) is 167 cm³/mol. The first-order chi connectivity index (χ1) is 20.8. The lowest BCUT2D eigenvalue weighted by atomic mass is 10.1. The summed E-state index contributed by atoms with van der Waals surface area (Å²) in [7, 11) is -2.31. The van der Waals surface area contributed by atoms with Crippen molar-refractivity contribution in [1.29, 1.82) is 0 Å². The highest BCUT2D eigenvalue weighted by Gasteiger charge is 2.27. The molecule has 1 saturated heterocycles. The van der Waals surface area contributed by atoms with Gasteiger partial charge in [-0.25, -0.2) is 8.42 Å². The number of nitrogens with one attached hydrogen (secondary N) is 1. The normalized spacial score (nSPS) is 13.5. The first-order valence-corrected chi connectivity index (χ1v) is 15.4. The van der Waals surface area contributed by atoms with Crippen molar-refractivity contribution in [1.82, 2.24) is 9.21 Å². The summed E-state index contributed by atoms with van der Waals surface area (Å²) < 4.78 is 33.2. The summed E-state index contributed by atoms with van der Waals surface area (Å²) >= 11 is 0. The van der Waals surface area contributed by atoms with Crippen molar-refractivity contribution in [3.05, 3.63) is 120 Å². The number of amides is 2. The number of carbonyl (C=O) groups excluding carboxylic acids is 2. The maximum atomic E-state index is 13.4. The molecule has 0 radical (unpaired) electrons. The first-order valence-electron chi connectivity index (χ1n) is 14.0. The molecule has 1 aliphatic heterocycles. The number of sulfonamides is 1. The summed E-state index contributed by atoms with van der Waals surface area (Å²) in [6, 6.07) is 31.9. The van der Waals surface area contributed by atoms with Crippen molar-refractivity contribution in [2.75, 3.05) is 50.1 Å². The number of methoxy groups -OCH3 is 1. The van der Waals surface area contributed by atoms with Crippen LogP contribution >= 0.6 is 0 Å². The lowest BCUT2D eigenvalue weighted by Gasteiger charge is -2.36. The van der Waals surface area contributed by atoms with Crippen LogP contribution < -0.4 is 15.0 Å². The second kappa shape index (κ2) is 13.5. The molecule has 4 aromatic rings. The Morgan fingerprint density at radius 2 is 1.40 bits per heavy atom. The summed E-state index contributed by atoms with van der Waals surface area (Å²) in [5, 5.41) is 2.83. The Labute approximate surface area is 252 Å². The van der Waals surface area contributed by atoms with E-state index in [1.165, 1.54) is 16.4 Å². The summed E-state index contributed by atoms with van der Waals surface area (Å²) in [5.74, 6) is 0.271. The highest BCUT2D eigenvalue weighted by Crippen LogP contribution is 2.22. The second-order valence-electron chi connectivity index (χ2n) is 10.2. The van der Waals surface area contributed by atoms with Crippen LogP contribution in [0.2, 0.25) is 0 Å². The van der Waals surface area contributed by atoms with E-state index in [-0.39, 0.29) is 23.9 Å². The van der Waals surface area contributed by atoms with Gasteiger partial charge in [0.1, 0.15) is 5.75 Å². The van der Waals surface area contributed by atoms with Crippen LogP contribution in [0.4, 0.5) is 11.4 Å². The summed E-state index contributed by atoms with van der Waals surface area (Å²) in [4.78, 5) is 30.1. The molecule has 0 bridgehead atoms. The number of benzene rings is 4. The lowest BCUT2D eigenvalue weighted by Crippen LogP contribution is -2.48. The maximum absolute atomic E-state index is 13.4. The Balaban J connectivity index is 1.19. The van der Waals surface area contributed by atoms with Gasteiger partial charge in [-0.3, -0.25) is 9.59 Å². The van der Waals surface area contributed by atoms with Crippen LogP contribution in [-0.2, 0) is 21.4 Å². The number of nitrogens with zero attached hydrogens (tertiary/aromatic N) is 3. The van der Waals surface area contributed by atoms with Crippen LogP contribution in [0.5, 0.6) is 5.75 Å². The third-order valence-electron chi connectivity index (χ3n) is 7.32. The minimum absolute atomic E-state index is 0.00375. The first kappa shape index (κ1) is 29.8. The van der Waals surface area contributed by atoms with Gasteiger partial charge >= 0.3 is 0 Å². The van der Waals surface area contributed by atoms with Crippen LogP contribution in [0.3, 0.4) is 0 Å². The smallest absolute Gasteiger partial charge is 0.253 e. The Hall–Kier alpha value is -4.67. The molecule has 0 atom stereocenters. The number of hydrogen-bond donors (Lipinski definition) is 1. The fraction of sp³-hybridized carbons (Fsp3) is 0.212. The molecule has 0 aromatic heterocycles. The van der Waals surface area contributed by atoms with E-state index in [4.69, 9.17) is 4.74 Å². The van der Waals surface area contributed by atoms with Gasteiger partial charge in [-0.2, -0.15) is 4.31 Å². The quantitative estimate of drug-likeness (QED) is 0.289. The molecule has 0 spiro atoms. The molecule has 2 amide bonds. The second-order valence-corrected chi connectivity index (χ2v) is 12.1. The average Bonchev–Trinajstić information content (AvgIpc) is 3.05. The van der Waals surface area contributed by atoms with E-state index in [0.717, 1.165) is 11.3 Å². The number of hydrogen-bond acceptors (Lipinski definition) is 6. The van der Waals surface area contributed by atoms with Crippen molar-refractivity contribution in [2.24, 2.45) is 0 Å². The van der Waals surface area contributed by atoms with E-state index in [2.05, 4.69) is 10.2 Å². The van der Waals surface area contributed by atoms with Crippen LogP contribution in [-0.4, -0.2) is 69.3 Å². The SMILES string of the molecule is COc1ccc(C(=O)N2CCN(c3ccc(NC(=O)CN(Cc4ccccc4)S(=O)(=O)c4ccccc4)cc3)CC2)cc1. The van der Waals surface area contributed by atoms with Crippen LogP contribution in [0.25, 0.3) is 0 Å². The van der Waals surface area contributed by atoms with Gasteiger partial charge in [0, 0.05) is 49.7 Å². The highest BCUT2D eigenvalue weighted by molar-refractivity contribution is 7.89. The molecule has 0 aliphatic carbocycles. The zero-order chi connectivity index (χ0) is 30.2. The molecule has 1 N–H and O–H groups in total. The van der Waals surface area contributed by atoms with Gasteiger partial charge in [-0.05, 0) is 66.2 Å². The van der Waals surface area contributed by atoms with Crippen LogP contribution in [0, 0.1) is 0 Å².